The van der Waals surface area contributed by atoms with Crippen LogP contribution in [0.4, 0.5) is 11.4 Å². The summed E-state index contributed by atoms with van der Waals surface area (Å²) in [5.41, 5.74) is 6.71. The minimum absolute atomic E-state index is 0.143. The summed E-state index contributed by atoms with van der Waals surface area (Å²) in [5.74, 6) is 0.458. The van der Waals surface area contributed by atoms with Crippen molar-refractivity contribution in [2.24, 2.45) is 0 Å². The van der Waals surface area contributed by atoms with Gasteiger partial charge in [-0.2, -0.15) is 0 Å². The average Bonchev–Trinajstić information content (AvgIpc) is 2.97. The van der Waals surface area contributed by atoms with E-state index in [9.17, 15) is 9.59 Å². The van der Waals surface area contributed by atoms with Gasteiger partial charge in [0.2, 0.25) is 5.91 Å². The maximum Gasteiger partial charge on any atom is 0.253 e. The van der Waals surface area contributed by atoms with Gasteiger partial charge in [0.25, 0.3) is 5.91 Å². The fraction of sp³-hybridized carbons (Fsp3) is 0.212. The number of carbonyl (C=O) groups is 2. The summed E-state index contributed by atoms with van der Waals surface area (Å²) in [6.07, 6.45) is 1.90. The van der Waals surface area contributed by atoms with Gasteiger partial charge in [-0.1, -0.05) is 66.7 Å². The summed E-state index contributed by atoms with van der Waals surface area (Å²) < 4.78 is 5.20. The van der Waals surface area contributed by atoms with Crippen molar-refractivity contribution >= 4 is 23.2 Å². The Hall–Kier alpha value is -4.58. The number of nitrogens with zero attached hydrogens (tertiary/aromatic N) is 1. The highest BCUT2D eigenvalue weighted by molar-refractivity contribution is 6.02. The van der Waals surface area contributed by atoms with Crippen molar-refractivity contribution in [2.75, 3.05) is 30.4 Å². The van der Waals surface area contributed by atoms with E-state index < -0.39 is 0 Å². The van der Waals surface area contributed by atoms with Crippen LogP contribution in [0, 0.1) is 0 Å². The molecule has 39 heavy (non-hydrogen) atoms. The van der Waals surface area contributed by atoms with Crippen LogP contribution >= 0.6 is 0 Å². The van der Waals surface area contributed by atoms with Crippen molar-refractivity contribution in [3.63, 3.8) is 0 Å². The highest BCUT2D eigenvalue weighted by Crippen LogP contribution is 2.30. The molecule has 4 aromatic carbocycles. The number of benzene rings is 4. The molecule has 0 aromatic heterocycles. The zero-order chi connectivity index (χ0) is 27.0. The molecule has 0 spiro atoms. The van der Waals surface area contributed by atoms with Gasteiger partial charge in [0.15, 0.2) is 0 Å². The van der Waals surface area contributed by atoms with Crippen LogP contribution in [-0.2, 0) is 30.6 Å². The summed E-state index contributed by atoms with van der Waals surface area (Å²) in [6.45, 7) is 2.09. The summed E-state index contributed by atoms with van der Waals surface area (Å²) >= 11 is 0. The second kappa shape index (κ2) is 12.3. The maximum absolute atomic E-state index is 13.5. The Morgan fingerprint density at radius 3 is 2.36 bits per heavy atom. The first-order chi connectivity index (χ1) is 19.1. The number of hydrogen-bond acceptors (Lipinski definition) is 4. The van der Waals surface area contributed by atoms with E-state index in [0.717, 1.165) is 42.9 Å². The smallest absolute Gasteiger partial charge is 0.253 e. The normalized spacial score (nSPS) is 12.4. The molecule has 0 saturated carbocycles. The van der Waals surface area contributed by atoms with Gasteiger partial charge >= 0.3 is 0 Å². The van der Waals surface area contributed by atoms with Crippen LogP contribution in [0.5, 0.6) is 5.75 Å². The lowest BCUT2D eigenvalue weighted by Crippen LogP contribution is -2.33. The Morgan fingerprint density at radius 1 is 0.846 bits per heavy atom. The molecule has 1 heterocycles. The van der Waals surface area contributed by atoms with E-state index >= 15 is 0 Å². The van der Waals surface area contributed by atoms with Crippen molar-refractivity contribution in [3.05, 3.63) is 125 Å². The molecular weight excluding hydrogens is 486 g/mol. The molecule has 1 aliphatic heterocycles. The van der Waals surface area contributed by atoms with Gasteiger partial charge in [-0.25, -0.2) is 0 Å². The number of amides is 2. The van der Waals surface area contributed by atoms with Crippen LogP contribution in [0.3, 0.4) is 0 Å². The van der Waals surface area contributed by atoms with Gasteiger partial charge < -0.3 is 20.3 Å². The average molecular weight is 520 g/mol. The molecule has 0 saturated heterocycles. The van der Waals surface area contributed by atoms with E-state index in [0.29, 0.717) is 17.8 Å². The Morgan fingerprint density at radius 2 is 1.59 bits per heavy atom. The summed E-state index contributed by atoms with van der Waals surface area (Å²) in [5, 5.41) is 6.06. The minimum atomic E-state index is -0.147. The van der Waals surface area contributed by atoms with Gasteiger partial charge in [-0.3, -0.25) is 9.59 Å². The third kappa shape index (κ3) is 6.65. The first-order valence-electron chi connectivity index (χ1n) is 13.3. The topological polar surface area (TPSA) is 70.7 Å². The van der Waals surface area contributed by atoms with Crippen LogP contribution in [0.25, 0.3) is 0 Å². The summed E-state index contributed by atoms with van der Waals surface area (Å²) in [7, 11) is 1.61. The second-order valence-corrected chi connectivity index (χ2v) is 9.74. The van der Waals surface area contributed by atoms with Crippen LogP contribution in [0.1, 0.15) is 32.6 Å². The Bertz CT molecular complexity index is 1430. The number of nitrogens with one attached hydrogen (secondary N) is 2. The molecule has 1 aliphatic rings. The first-order valence-corrected chi connectivity index (χ1v) is 13.3. The summed E-state index contributed by atoms with van der Waals surface area (Å²) in [6, 6.07) is 31.6. The molecule has 0 unspecified atom stereocenters. The largest absolute Gasteiger partial charge is 0.497 e. The van der Waals surface area contributed by atoms with Crippen molar-refractivity contribution in [1.29, 1.82) is 0 Å². The lowest BCUT2D eigenvalue weighted by molar-refractivity contribution is -0.115. The zero-order valence-corrected chi connectivity index (χ0v) is 22.2. The van der Waals surface area contributed by atoms with Crippen LogP contribution in [-0.4, -0.2) is 32.0 Å². The number of ether oxygens (including phenoxy) is 1. The van der Waals surface area contributed by atoms with E-state index in [-0.39, 0.29) is 18.2 Å². The van der Waals surface area contributed by atoms with Gasteiger partial charge in [0.05, 0.1) is 19.1 Å². The molecule has 0 fully saturated rings. The molecule has 0 radical (unpaired) electrons. The molecule has 6 heteroatoms. The Kier molecular flexibility index (Phi) is 8.22. The standard InChI is InChI=1S/C33H33N3O3/c1-39-29-14-11-25(12-15-29)21-32(37)35-28-13-16-31(36-20-18-26-9-5-6-10-27(26)23-36)30(22-28)33(38)34-19-17-24-7-3-2-4-8-24/h2-16,22H,17-21,23H2,1H3,(H,34,38)(H,35,37). The molecule has 198 valence electrons. The molecular formula is C33H33N3O3. The lowest BCUT2D eigenvalue weighted by Gasteiger charge is -2.32. The van der Waals surface area contributed by atoms with E-state index in [1.54, 1.807) is 13.2 Å². The maximum atomic E-state index is 13.5. The highest BCUT2D eigenvalue weighted by Gasteiger charge is 2.22. The molecule has 5 rings (SSSR count). The summed E-state index contributed by atoms with van der Waals surface area (Å²) in [4.78, 5) is 28.5. The van der Waals surface area contributed by atoms with Crippen LogP contribution in [0.2, 0.25) is 0 Å². The number of carbonyl (C=O) groups excluding carboxylic acids is 2. The first kappa shape index (κ1) is 26.0. The predicted octanol–water partition coefficient (Wildman–Crippen LogP) is 5.41. The van der Waals surface area contributed by atoms with Gasteiger partial charge in [0.1, 0.15) is 5.75 Å². The quantitative estimate of drug-likeness (QED) is 0.310. The Labute approximate surface area is 229 Å². The molecule has 0 bridgehead atoms. The molecule has 0 atom stereocenters. The number of rotatable bonds is 9. The fourth-order valence-corrected chi connectivity index (χ4v) is 4.97. The predicted molar refractivity (Wildman–Crippen MR) is 155 cm³/mol. The van der Waals surface area contributed by atoms with Gasteiger partial charge in [-0.05, 0) is 65.4 Å². The Balaban J connectivity index is 1.33. The third-order valence-electron chi connectivity index (χ3n) is 7.06. The fourth-order valence-electron chi connectivity index (χ4n) is 4.97. The van der Waals surface area contributed by atoms with E-state index in [1.165, 1.54) is 16.7 Å². The molecule has 6 nitrogen and oxygen atoms in total. The van der Waals surface area contributed by atoms with Crippen LogP contribution in [0.15, 0.2) is 97.1 Å². The molecule has 0 aliphatic carbocycles. The molecule has 2 amide bonds. The van der Waals surface area contributed by atoms with Crippen molar-refractivity contribution < 1.29 is 14.3 Å². The highest BCUT2D eigenvalue weighted by atomic mass is 16.5. The van der Waals surface area contributed by atoms with E-state index in [2.05, 4.69) is 51.9 Å². The molecule has 4 aromatic rings. The monoisotopic (exact) mass is 519 g/mol. The van der Waals surface area contributed by atoms with Crippen molar-refractivity contribution in [3.8, 4) is 5.75 Å². The number of hydrogen-bond donors (Lipinski definition) is 2. The zero-order valence-electron chi connectivity index (χ0n) is 22.2. The van der Waals surface area contributed by atoms with Gasteiger partial charge in [-0.15, -0.1) is 0 Å². The number of methoxy groups -OCH3 is 1. The SMILES string of the molecule is COc1ccc(CC(=O)Nc2ccc(N3CCc4ccccc4C3)c(C(=O)NCCc3ccccc3)c2)cc1. The molecule has 2 N–H and O–H groups in total. The lowest BCUT2D eigenvalue weighted by atomic mass is 9.98. The van der Waals surface area contributed by atoms with Gasteiger partial charge in [0, 0.05) is 31.0 Å². The number of anilines is 2. The van der Waals surface area contributed by atoms with Crippen molar-refractivity contribution in [2.45, 2.75) is 25.8 Å². The van der Waals surface area contributed by atoms with Crippen LogP contribution < -0.4 is 20.3 Å². The number of fused-ring (bicyclic) bond motifs is 1. The minimum Gasteiger partial charge on any atom is -0.497 e. The second-order valence-electron chi connectivity index (χ2n) is 9.74. The van der Waals surface area contributed by atoms with E-state index in [1.807, 2.05) is 54.6 Å². The third-order valence-corrected chi connectivity index (χ3v) is 7.06. The van der Waals surface area contributed by atoms with E-state index in [4.69, 9.17) is 4.74 Å². The van der Waals surface area contributed by atoms with Crippen molar-refractivity contribution in [1.82, 2.24) is 5.32 Å².